The van der Waals surface area contributed by atoms with Crippen LogP contribution in [0, 0.1) is 0 Å². The first-order valence-electron chi connectivity index (χ1n) is 5.59. The van der Waals surface area contributed by atoms with Crippen LogP contribution in [0.25, 0.3) is 0 Å². The number of carboxylic acids is 1. The van der Waals surface area contributed by atoms with Gasteiger partial charge in [-0.15, -0.1) is 0 Å². The topological polar surface area (TPSA) is 79.4 Å². The number of amides is 1. The molecule has 6 nitrogen and oxygen atoms in total. The van der Waals surface area contributed by atoms with Gasteiger partial charge in [0.2, 0.25) is 0 Å². The van der Waals surface area contributed by atoms with E-state index in [2.05, 4.69) is 0 Å². The molecule has 1 N–H and O–H groups in total. The maximum atomic E-state index is 11.9. The molecule has 0 aromatic heterocycles. The monoisotopic (exact) mass is 243 g/mol. The fraction of sp³-hybridized carbons (Fsp3) is 0.818. The van der Waals surface area contributed by atoms with Gasteiger partial charge in [-0.25, -0.2) is 9.59 Å². The van der Waals surface area contributed by atoms with Gasteiger partial charge in [0, 0.05) is 6.42 Å². The van der Waals surface area contributed by atoms with Crippen molar-refractivity contribution < 1.29 is 24.2 Å². The molecular formula is C11H17NO5. The predicted octanol–water partition coefficient (Wildman–Crippen LogP) is 0.849. The maximum Gasteiger partial charge on any atom is 0.411 e. The Morgan fingerprint density at radius 3 is 2.47 bits per heavy atom. The highest BCUT2D eigenvalue weighted by Crippen LogP contribution is 2.40. The van der Waals surface area contributed by atoms with Crippen LogP contribution in [0.1, 0.15) is 27.2 Å². The summed E-state index contributed by atoms with van der Waals surface area (Å²) in [6, 6.07) is -0.840. The molecule has 2 fully saturated rings. The van der Waals surface area contributed by atoms with Gasteiger partial charge in [0.15, 0.2) is 0 Å². The van der Waals surface area contributed by atoms with Crippen LogP contribution >= 0.6 is 0 Å². The summed E-state index contributed by atoms with van der Waals surface area (Å²) in [5, 5.41) is 9.09. The third kappa shape index (κ3) is 2.52. The molecule has 1 spiro atoms. The van der Waals surface area contributed by atoms with E-state index >= 15 is 0 Å². The fourth-order valence-corrected chi connectivity index (χ4v) is 1.99. The van der Waals surface area contributed by atoms with Crippen LogP contribution < -0.4 is 0 Å². The van der Waals surface area contributed by atoms with Crippen molar-refractivity contribution in [3.05, 3.63) is 0 Å². The van der Waals surface area contributed by atoms with E-state index in [1.54, 1.807) is 20.8 Å². The molecule has 0 bridgehead atoms. The zero-order valence-corrected chi connectivity index (χ0v) is 10.2. The van der Waals surface area contributed by atoms with E-state index in [-0.39, 0.29) is 0 Å². The zero-order valence-electron chi connectivity index (χ0n) is 10.2. The zero-order chi connectivity index (χ0) is 12.8. The SMILES string of the molecule is CC(C)(C)OC(=O)N1C[C@]2(CO2)C[C@H]1C(=O)O. The molecule has 0 saturated carbocycles. The number of epoxide rings is 1. The summed E-state index contributed by atoms with van der Waals surface area (Å²) in [7, 11) is 0. The van der Waals surface area contributed by atoms with E-state index in [4.69, 9.17) is 14.6 Å². The molecule has 2 aliphatic rings. The van der Waals surface area contributed by atoms with Crippen molar-refractivity contribution in [2.75, 3.05) is 13.2 Å². The number of ether oxygens (including phenoxy) is 2. The first-order valence-corrected chi connectivity index (χ1v) is 5.59. The Morgan fingerprint density at radius 2 is 2.06 bits per heavy atom. The van der Waals surface area contributed by atoms with E-state index in [1.165, 1.54) is 4.90 Å². The number of carbonyl (C=O) groups excluding carboxylic acids is 1. The Labute approximate surface area is 99.5 Å². The molecule has 2 saturated heterocycles. The van der Waals surface area contributed by atoms with Crippen LogP contribution in [-0.2, 0) is 14.3 Å². The van der Waals surface area contributed by atoms with E-state index in [0.717, 1.165) is 0 Å². The summed E-state index contributed by atoms with van der Waals surface area (Å²) >= 11 is 0. The number of hydrogen-bond donors (Lipinski definition) is 1. The first kappa shape index (κ1) is 12.2. The quantitative estimate of drug-likeness (QED) is 0.691. The average molecular weight is 243 g/mol. The largest absolute Gasteiger partial charge is 0.480 e. The number of carbonyl (C=O) groups is 2. The molecule has 0 radical (unpaired) electrons. The summed E-state index contributed by atoms with van der Waals surface area (Å²) in [5.41, 5.74) is -1.06. The van der Waals surface area contributed by atoms with Crippen LogP contribution in [-0.4, -0.2) is 52.5 Å². The van der Waals surface area contributed by atoms with Crippen molar-refractivity contribution in [3.63, 3.8) is 0 Å². The summed E-state index contributed by atoms with van der Waals surface area (Å²) in [5.74, 6) is -1.01. The minimum atomic E-state index is -1.01. The molecule has 0 aromatic carbocycles. The molecule has 2 atom stereocenters. The number of nitrogens with zero attached hydrogens (tertiary/aromatic N) is 1. The molecule has 0 unspecified atom stereocenters. The lowest BCUT2D eigenvalue weighted by Crippen LogP contribution is -2.43. The van der Waals surface area contributed by atoms with Gasteiger partial charge in [0.05, 0.1) is 13.2 Å². The normalized spacial score (nSPS) is 31.7. The van der Waals surface area contributed by atoms with Gasteiger partial charge in [-0.1, -0.05) is 0 Å². The highest BCUT2D eigenvalue weighted by Gasteiger charge is 2.58. The Kier molecular flexibility index (Phi) is 2.57. The average Bonchev–Trinajstić information content (AvgIpc) is 2.73. The van der Waals surface area contributed by atoms with Gasteiger partial charge >= 0.3 is 12.1 Å². The third-order valence-corrected chi connectivity index (χ3v) is 2.87. The highest BCUT2D eigenvalue weighted by atomic mass is 16.6. The number of aliphatic carboxylic acids is 1. The second-order valence-electron chi connectivity index (χ2n) is 5.64. The molecule has 0 aliphatic carbocycles. The Hall–Kier alpha value is -1.30. The van der Waals surface area contributed by atoms with Gasteiger partial charge in [0.1, 0.15) is 17.2 Å². The van der Waals surface area contributed by atoms with Crippen molar-refractivity contribution in [2.45, 2.75) is 44.4 Å². The maximum absolute atomic E-state index is 11.9. The van der Waals surface area contributed by atoms with Crippen molar-refractivity contribution in [1.29, 1.82) is 0 Å². The minimum absolute atomic E-state index is 0.304. The first-order chi connectivity index (χ1) is 7.72. The number of likely N-dealkylation sites (tertiary alicyclic amines) is 1. The summed E-state index contributed by atoms with van der Waals surface area (Å²) in [4.78, 5) is 24.2. The van der Waals surface area contributed by atoms with Crippen molar-refractivity contribution in [3.8, 4) is 0 Å². The Balaban J connectivity index is 2.08. The molecule has 2 heterocycles. The Morgan fingerprint density at radius 1 is 1.47 bits per heavy atom. The molecule has 0 aromatic rings. The van der Waals surface area contributed by atoms with Gasteiger partial charge in [-0.05, 0) is 20.8 Å². The summed E-state index contributed by atoms with van der Waals surface area (Å²) in [6.45, 7) is 6.08. The molecule has 6 heteroatoms. The van der Waals surface area contributed by atoms with Crippen LogP contribution in [0.5, 0.6) is 0 Å². The third-order valence-electron chi connectivity index (χ3n) is 2.87. The van der Waals surface area contributed by atoms with Gasteiger partial charge in [-0.3, -0.25) is 4.90 Å². The lowest BCUT2D eigenvalue weighted by atomic mass is 10.1. The summed E-state index contributed by atoms with van der Waals surface area (Å²) < 4.78 is 10.4. The van der Waals surface area contributed by atoms with E-state index in [0.29, 0.717) is 19.6 Å². The number of carboxylic acid groups (broad SMARTS) is 1. The standard InChI is InChI=1S/C11H17NO5/c1-10(2,3)17-9(15)12-5-11(6-16-11)4-7(12)8(13)14/h7H,4-6H2,1-3H3,(H,13,14)/t7-,11-/m0/s1. The lowest BCUT2D eigenvalue weighted by Gasteiger charge is -2.26. The lowest BCUT2D eigenvalue weighted by molar-refractivity contribution is -0.142. The van der Waals surface area contributed by atoms with Gasteiger partial charge in [0.25, 0.3) is 0 Å². The highest BCUT2D eigenvalue weighted by molar-refractivity contribution is 5.81. The van der Waals surface area contributed by atoms with E-state index < -0.39 is 29.3 Å². The van der Waals surface area contributed by atoms with Crippen molar-refractivity contribution in [2.24, 2.45) is 0 Å². The molecule has 1 amide bonds. The van der Waals surface area contributed by atoms with Gasteiger partial charge in [-0.2, -0.15) is 0 Å². The summed E-state index contributed by atoms with van der Waals surface area (Å²) in [6.07, 6.45) is -0.237. The minimum Gasteiger partial charge on any atom is -0.480 e. The molecule has 2 rings (SSSR count). The molecule has 2 aliphatic heterocycles. The van der Waals surface area contributed by atoms with Gasteiger partial charge < -0.3 is 14.6 Å². The predicted molar refractivity (Wildman–Crippen MR) is 57.7 cm³/mol. The molecular weight excluding hydrogens is 226 g/mol. The van der Waals surface area contributed by atoms with Crippen LogP contribution in [0.2, 0.25) is 0 Å². The fourth-order valence-electron chi connectivity index (χ4n) is 1.99. The van der Waals surface area contributed by atoms with Crippen molar-refractivity contribution in [1.82, 2.24) is 4.90 Å². The van der Waals surface area contributed by atoms with Crippen LogP contribution in [0.15, 0.2) is 0 Å². The van der Waals surface area contributed by atoms with E-state index in [9.17, 15) is 9.59 Å². The molecule has 96 valence electrons. The number of hydrogen-bond acceptors (Lipinski definition) is 4. The van der Waals surface area contributed by atoms with Crippen molar-refractivity contribution >= 4 is 12.1 Å². The smallest absolute Gasteiger partial charge is 0.411 e. The second-order valence-corrected chi connectivity index (χ2v) is 5.64. The van der Waals surface area contributed by atoms with Crippen LogP contribution in [0.3, 0.4) is 0 Å². The Bertz CT molecular complexity index is 355. The van der Waals surface area contributed by atoms with Crippen LogP contribution in [0.4, 0.5) is 4.79 Å². The number of rotatable bonds is 1. The van der Waals surface area contributed by atoms with E-state index in [1.807, 2.05) is 0 Å². The molecule has 17 heavy (non-hydrogen) atoms. The second kappa shape index (κ2) is 3.60.